The van der Waals surface area contributed by atoms with Gasteiger partial charge < -0.3 is 11.1 Å². The van der Waals surface area contributed by atoms with E-state index in [4.69, 9.17) is 5.73 Å². The summed E-state index contributed by atoms with van der Waals surface area (Å²) in [6, 6.07) is 5.80. The summed E-state index contributed by atoms with van der Waals surface area (Å²) in [6.07, 6.45) is 3.19. The number of carbonyl (C=O) groups excluding carboxylic acids is 1. The number of amides is 1. The lowest BCUT2D eigenvalue weighted by atomic mass is 10.1. The van der Waals surface area contributed by atoms with Gasteiger partial charge in [0.25, 0.3) is 0 Å². The Morgan fingerprint density at radius 2 is 2.27 bits per heavy atom. The molecule has 0 saturated heterocycles. The van der Waals surface area contributed by atoms with E-state index in [1.54, 1.807) is 13.0 Å². The molecule has 0 fully saturated rings. The molecule has 1 amide bonds. The summed E-state index contributed by atoms with van der Waals surface area (Å²) in [6.45, 7) is 4.22. The predicted octanol–water partition coefficient (Wildman–Crippen LogP) is 1.97. The first-order chi connectivity index (χ1) is 7.17. The van der Waals surface area contributed by atoms with Gasteiger partial charge in [-0.25, -0.2) is 0 Å². The molecule has 1 aromatic carbocycles. The van der Waals surface area contributed by atoms with Gasteiger partial charge in [0, 0.05) is 12.2 Å². The van der Waals surface area contributed by atoms with Gasteiger partial charge in [0.2, 0.25) is 5.91 Å². The van der Waals surface area contributed by atoms with E-state index in [1.807, 2.05) is 25.1 Å². The third-order valence-corrected chi connectivity index (χ3v) is 2.06. The summed E-state index contributed by atoms with van der Waals surface area (Å²) < 4.78 is 0. The average molecular weight is 204 g/mol. The second-order valence-corrected chi connectivity index (χ2v) is 3.35. The summed E-state index contributed by atoms with van der Waals surface area (Å²) in [5.74, 6) is -0.129. The summed E-state index contributed by atoms with van der Waals surface area (Å²) in [5, 5.41) is 2.78. The van der Waals surface area contributed by atoms with Gasteiger partial charge in [-0.3, -0.25) is 4.79 Å². The van der Waals surface area contributed by atoms with Crippen molar-refractivity contribution in [3.05, 3.63) is 41.5 Å². The van der Waals surface area contributed by atoms with Crippen LogP contribution >= 0.6 is 0 Å². The molecule has 3 nitrogen and oxygen atoms in total. The van der Waals surface area contributed by atoms with Gasteiger partial charge in [0.1, 0.15) is 0 Å². The van der Waals surface area contributed by atoms with E-state index in [0.29, 0.717) is 6.54 Å². The number of rotatable bonds is 3. The largest absolute Gasteiger partial charge is 0.326 e. The first-order valence-corrected chi connectivity index (χ1v) is 4.90. The maximum atomic E-state index is 11.3. The smallest absolute Gasteiger partial charge is 0.248 e. The van der Waals surface area contributed by atoms with Crippen LogP contribution in [-0.4, -0.2) is 5.91 Å². The topological polar surface area (TPSA) is 55.1 Å². The molecule has 15 heavy (non-hydrogen) atoms. The Balaban J connectivity index is 2.89. The maximum Gasteiger partial charge on any atom is 0.248 e. The van der Waals surface area contributed by atoms with Crippen LogP contribution < -0.4 is 11.1 Å². The van der Waals surface area contributed by atoms with E-state index in [9.17, 15) is 4.79 Å². The Morgan fingerprint density at radius 1 is 1.53 bits per heavy atom. The lowest BCUT2D eigenvalue weighted by molar-refractivity contribution is -0.111. The zero-order chi connectivity index (χ0) is 11.3. The highest BCUT2D eigenvalue weighted by Gasteiger charge is 2.03. The second-order valence-electron chi connectivity index (χ2n) is 3.35. The fourth-order valence-electron chi connectivity index (χ4n) is 1.34. The van der Waals surface area contributed by atoms with Crippen molar-refractivity contribution in [1.82, 2.24) is 0 Å². The number of hydrogen-bond donors (Lipinski definition) is 2. The molecule has 0 spiro atoms. The number of benzene rings is 1. The first kappa shape index (κ1) is 11.5. The van der Waals surface area contributed by atoms with Gasteiger partial charge in [-0.05, 0) is 31.6 Å². The van der Waals surface area contributed by atoms with Crippen LogP contribution in [0.3, 0.4) is 0 Å². The van der Waals surface area contributed by atoms with Crippen LogP contribution in [0.15, 0.2) is 30.4 Å². The van der Waals surface area contributed by atoms with Crippen molar-refractivity contribution < 1.29 is 4.79 Å². The van der Waals surface area contributed by atoms with Crippen molar-refractivity contribution in [3.8, 4) is 0 Å². The van der Waals surface area contributed by atoms with Crippen LogP contribution in [0.25, 0.3) is 0 Å². The molecule has 1 rings (SSSR count). The third kappa shape index (κ3) is 3.22. The Labute approximate surface area is 90.0 Å². The van der Waals surface area contributed by atoms with Crippen LogP contribution in [0, 0.1) is 6.92 Å². The van der Waals surface area contributed by atoms with E-state index in [2.05, 4.69) is 5.32 Å². The van der Waals surface area contributed by atoms with E-state index < -0.39 is 0 Å². The highest BCUT2D eigenvalue weighted by atomic mass is 16.1. The minimum atomic E-state index is -0.129. The van der Waals surface area contributed by atoms with Crippen molar-refractivity contribution in [3.63, 3.8) is 0 Å². The molecule has 0 aliphatic carbocycles. The quantitative estimate of drug-likeness (QED) is 0.739. The molecule has 0 atom stereocenters. The fraction of sp³-hybridized carbons (Fsp3) is 0.250. The number of anilines is 1. The Kier molecular flexibility index (Phi) is 4.06. The van der Waals surface area contributed by atoms with Gasteiger partial charge >= 0.3 is 0 Å². The van der Waals surface area contributed by atoms with Crippen molar-refractivity contribution in [1.29, 1.82) is 0 Å². The lowest BCUT2D eigenvalue weighted by Crippen LogP contribution is -2.11. The maximum absolute atomic E-state index is 11.3. The molecule has 0 heterocycles. The molecule has 1 aromatic rings. The van der Waals surface area contributed by atoms with Gasteiger partial charge in [-0.2, -0.15) is 0 Å². The molecule has 3 heteroatoms. The normalized spacial score (nSPS) is 10.6. The molecular formula is C12H16N2O. The van der Waals surface area contributed by atoms with Crippen LogP contribution in [0.2, 0.25) is 0 Å². The lowest BCUT2D eigenvalue weighted by Gasteiger charge is -2.08. The second kappa shape index (κ2) is 5.32. The van der Waals surface area contributed by atoms with Gasteiger partial charge in [-0.1, -0.05) is 23.8 Å². The standard InChI is InChI=1S/C12H16N2O/c1-3-4-12(15)14-11-6-5-9(2)7-10(11)8-13/h3-7H,8,13H2,1-2H3,(H,14,15)/b4-3+. The zero-order valence-corrected chi connectivity index (χ0v) is 9.08. The third-order valence-electron chi connectivity index (χ3n) is 2.06. The molecular weight excluding hydrogens is 188 g/mol. The van der Waals surface area contributed by atoms with E-state index in [1.165, 1.54) is 6.08 Å². The van der Waals surface area contributed by atoms with Crippen molar-refractivity contribution in [2.75, 3.05) is 5.32 Å². The van der Waals surface area contributed by atoms with Gasteiger partial charge in [-0.15, -0.1) is 0 Å². The highest BCUT2D eigenvalue weighted by Crippen LogP contribution is 2.16. The molecule has 0 bridgehead atoms. The number of nitrogens with two attached hydrogens (primary N) is 1. The highest BCUT2D eigenvalue weighted by molar-refractivity contribution is 5.99. The molecule has 0 radical (unpaired) electrons. The molecule has 3 N–H and O–H groups in total. The average Bonchev–Trinajstić information content (AvgIpc) is 2.21. The molecule has 0 saturated carbocycles. The zero-order valence-electron chi connectivity index (χ0n) is 9.08. The van der Waals surface area contributed by atoms with E-state index in [0.717, 1.165) is 16.8 Å². The minimum absolute atomic E-state index is 0.129. The monoisotopic (exact) mass is 204 g/mol. The summed E-state index contributed by atoms with van der Waals surface area (Å²) in [4.78, 5) is 11.3. The molecule has 0 aliphatic rings. The van der Waals surface area contributed by atoms with E-state index in [-0.39, 0.29) is 5.91 Å². The Hall–Kier alpha value is -1.61. The molecule has 0 aromatic heterocycles. The first-order valence-electron chi connectivity index (χ1n) is 4.90. The van der Waals surface area contributed by atoms with Crippen LogP contribution in [0.1, 0.15) is 18.1 Å². The predicted molar refractivity (Wildman–Crippen MR) is 62.5 cm³/mol. The number of allylic oxidation sites excluding steroid dienone is 1. The number of nitrogens with one attached hydrogen (secondary N) is 1. The van der Waals surface area contributed by atoms with Crippen LogP contribution in [0.4, 0.5) is 5.69 Å². The van der Waals surface area contributed by atoms with Gasteiger partial charge in [0.05, 0.1) is 0 Å². The van der Waals surface area contributed by atoms with Crippen LogP contribution in [-0.2, 0) is 11.3 Å². The Bertz CT molecular complexity index is 383. The SMILES string of the molecule is C/C=C/C(=O)Nc1ccc(C)cc1CN. The van der Waals surface area contributed by atoms with Crippen molar-refractivity contribution >= 4 is 11.6 Å². The summed E-state index contributed by atoms with van der Waals surface area (Å²) in [7, 11) is 0. The molecule has 0 unspecified atom stereocenters. The van der Waals surface area contributed by atoms with Crippen molar-refractivity contribution in [2.24, 2.45) is 5.73 Å². The van der Waals surface area contributed by atoms with Gasteiger partial charge in [0.15, 0.2) is 0 Å². The Morgan fingerprint density at radius 3 is 2.87 bits per heavy atom. The summed E-state index contributed by atoms with van der Waals surface area (Å²) >= 11 is 0. The molecule has 80 valence electrons. The van der Waals surface area contributed by atoms with Crippen LogP contribution in [0.5, 0.6) is 0 Å². The van der Waals surface area contributed by atoms with Crippen molar-refractivity contribution in [2.45, 2.75) is 20.4 Å². The number of aryl methyl sites for hydroxylation is 1. The number of carbonyl (C=O) groups is 1. The van der Waals surface area contributed by atoms with E-state index >= 15 is 0 Å². The summed E-state index contributed by atoms with van der Waals surface area (Å²) in [5.41, 5.74) is 8.47. The number of hydrogen-bond acceptors (Lipinski definition) is 2. The minimum Gasteiger partial charge on any atom is -0.326 e. The molecule has 0 aliphatic heterocycles. The fourth-order valence-corrected chi connectivity index (χ4v) is 1.34.